The van der Waals surface area contributed by atoms with Gasteiger partial charge in [0.2, 0.25) is 0 Å². The number of ether oxygens (including phenoxy) is 1. The number of anilines is 1. The number of hydrogen-bond acceptors (Lipinski definition) is 3. The molecule has 0 radical (unpaired) electrons. The Balaban J connectivity index is 2.30. The summed E-state index contributed by atoms with van der Waals surface area (Å²) >= 11 is 0. The Bertz CT molecular complexity index is 732. The van der Waals surface area contributed by atoms with Crippen molar-refractivity contribution in [3.8, 4) is 0 Å². The molecule has 0 fully saturated rings. The van der Waals surface area contributed by atoms with Gasteiger partial charge in [0.15, 0.2) is 0 Å². The highest BCUT2D eigenvalue weighted by atomic mass is 16.5. The molecule has 0 saturated carbocycles. The van der Waals surface area contributed by atoms with Crippen LogP contribution in [0.5, 0.6) is 0 Å². The molecular formula is C18H22N2O3. The maximum absolute atomic E-state index is 12.6. The Hall–Kier alpha value is -2.56. The highest BCUT2D eigenvalue weighted by Crippen LogP contribution is 2.21. The number of aromatic nitrogens is 1. The molecule has 0 bridgehead atoms. The summed E-state index contributed by atoms with van der Waals surface area (Å²) in [6.07, 6.45) is 0.827. The van der Waals surface area contributed by atoms with E-state index in [2.05, 4.69) is 10.3 Å². The highest BCUT2D eigenvalue weighted by Gasteiger charge is 2.23. The number of H-pyrrole nitrogens is 1. The number of rotatable bonds is 5. The molecule has 2 aromatic rings. The fraction of sp³-hybridized carbons (Fsp3) is 0.333. The van der Waals surface area contributed by atoms with E-state index in [1.165, 1.54) is 0 Å². The van der Waals surface area contributed by atoms with E-state index in [9.17, 15) is 9.59 Å². The summed E-state index contributed by atoms with van der Waals surface area (Å²) in [5.74, 6) is -0.672. The zero-order valence-electron chi connectivity index (χ0n) is 13.9. The second-order valence-electron chi connectivity index (χ2n) is 5.31. The third kappa shape index (κ3) is 3.44. The van der Waals surface area contributed by atoms with Crippen molar-refractivity contribution in [2.24, 2.45) is 0 Å². The summed E-state index contributed by atoms with van der Waals surface area (Å²) in [5.41, 5.74) is 3.90. The van der Waals surface area contributed by atoms with Gasteiger partial charge in [-0.05, 0) is 44.4 Å². The van der Waals surface area contributed by atoms with Gasteiger partial charge in [0.25, 0.3) is 5.91 Å². The molecule has 122 valence electrons. The van der Waals surface area contributed by atoms with Crippen LogP contribution in [0.15, 0.2) is 24.3 Å². The number of para-hydroxylation sites is 1. The molecule has 0 spiro atoms. The van der Waals surface area contributed by atoms with Crippen molar-refractivity contribution in [1.29, 1.82) is 0 Å². The molecule has 1 heterocycles. The lowest BCUT2D eigenvalue weighted by atomic mass is 10.1. The van der Waals surface area contributed by atoms with Gasteiger partial charge in [-0.25, -0.2) is 4.79 Å². The maximum Gasteiger partial charge on any atom is 0.340 e. The average Bonchev–Trinajstić information content (AvgIpc) is 2.83. The first-order valence-electron chi connectivity index (χ1n) is 7.75. The van der Waals surface area contributed by atoms with E-state index in [1.807, 2.05) is 31.2 Å². The monoisotopic (exact) mass is 314 g/mol. The Labute approximate surface area is 136 Å². The second-order valence-corrected chi connectivity index (χ2v) is 5.31. The smallest absolute Gasteiger partial charge is 0.340 e. The van der Waals surface area contributed by atoms with E-state index in [0.29, 0.717) is 29.1 Å². The molecule has 0 aliphatic heterocycles. The molecule has 5 heteroatoms. The van der Waals surface area contributed by atoms with Crippen molar-refractivity contribution in [2.75, 3.05) is 11.9 Å². The van der Waals surface area contributed by atoms with E-state index in [0.717, 1.165) is 17.7 Å². The van der Waals surface area contributed by atoms with E-state index in [-0.39, 0.29) is 5.91 Å². The molecule has 5 nitrogen and oxygen atoms in total. The van der Waals surface area contributed by atoms with Crippen LogP contribution in [0.4, 0.5) is 5.69 Å². The lowest BCUT2D eigenvalue weighted by Gasteiger charge is -2.09. The van der Waals surface area contributed by atoms with Crippen LogP contribution in [0.3, 0.4) is 0 Å². The Kier molecular flexibility index (Phi) is 5.21. The quantitative estimate of drug-likeness (QED) is 0.828. The predicted octanol–water partition coefficient (Wildman–Crippen LogP) is 3.62. The largest absolute Gasteiger partial charge is 0.462 e. The maximum atomic E-state index is 12.6. The Morgan fingerprint density at radius 2 is 1.87 bits per heavy atom. The summed E-state index contributed by atoms with van der Waals surface area (Å²) in [6.45, 7) is 7.60. The number of carbonyl (C=O) groups excluding carboxylic acids is 2. The van der Waals surface area contributed by atoms with Gasteiger partial charge in [-0.15, -0.1) is 0 Å². The number of benzene rings is 1. The van der Waals surface area contributed by atoms with Crippen molar-refractivity contribution < 1.29 is 14.3 Å². The van der Waals surface area contributed by atoms with Crippen molar-refractivity contribution in [3.05, 3.63) is 52.3 Å². The minimum Gasteiger partial charge on any atom is -0.462 e. The van der Waals surface area contributed by atoms with Crippen molar-refractivity contribution >= 4 is 17.6 Å². The first-order valence-corrected chi connectivity index (χ1v) is 7.75. The Morgan fingerprint density at radius 3 is 2.52 bits per heavy atom. The van der Waals surface area contributed by atoms with Crippen molar-refractivity contribution in [3.63, 3.8) is 0 Å². The van der Waals surface area contributed by atoms with E-state index in [4.69, 9.17) is 4.74 Å². The number of amides is 1. The summed E-state index contributed by atoms with van der Waals surface area (Å²) in [4.78, 5) is 27.6. The van der Waals surface area contributed by atoms with Gasteiger partial charge < -0.3 is 15.0 Å². The Morgan fingerprint density at radius 1 is 1.17 bits per heavy atom. The fourth-order valence-electron chi connectivity index (χ4n) is 2.62. The third-order valence-corrected chi connectivity index (χ3v) is 3.79. The minimum absolute atomic E-state index is 0.262. The zero-order valence-corrected chi connectivity index (χ0v) is 13.9. The number of carbonyl (C=O) groups is 2. The predicted molar refractivity (Wildman–Crippen MR) is 90.0 cm³/mol. The van der Waals surface area contributed by atoms with Crippen LogP contribution < -0.4 is 5.32 Å². The molecule has 0 aliphatic carbocycles. The first kappa shape index (κ1) is 16.8. The lowest BCUT2D eigenvalue weighted by molar-refractivity contribution is 0.0525. The molecule has 2 N–H and O–H groups in total. The van der Waals surface area contributed by atoms with Gasteiger partial charge in [0.1, 0.15) is 5.69 Å². The summed E-state index contributed by atoms with van der Waals surface area (Å²) in [6, 6.07) is 7.67. The number of esters is 1. The second kappa shape index (κ2) is 7.13. The molecule has 23 heavy (non-hydrogen) atoms. The van der Waals surface area contributed by atoms with Gasteiger partial charge in [-0.1, -0.05) is 25.1 Å². The molecule has 0 atom stereocenters. The van der Waals surface area contributed by atoms with Crippen LogP contribution in [0.1, 0.15) is 51.5 Å². The molecule has 1 aromatic carbocycles. The van der Waals surface area contributed by atoms with E-state index < -0.39 is 5.97 Å². The van der Waals surface area contributed by atoms with E-state index >= 15 is 0 Å². The summed E-state index contributed by atoms with van der Waals surface area (Å²) < 4.78 is 5.05. The van der Waals surface area contributed by atoms with Crippen molar-refractivity contribution in [1.82, 2.24) is 4.98 Å². The highest BCUT2D eigenvalue weighted by molar-refractivity contribution is 6.07. The van der Waals surface area contributed by atoms with Crippen LogP contribution in [0, 0.1) is 13.8 Å². The van der Waals surface area contributed by atoms with Gasteiger partial charge in [-0.2, -0.15) is 0 Å². The molecule has 1 aromatic heterocycles. The van der Waals surface area contributed by atoms with Crippen LogP contribution >= 0.6 is 0 Å². The third-order valence-electron chi connectivity index (χ3n) is 3.79. The van der Waals surface area contributed by atoms with Crippen molar-refractivity contribution in [2.45, 2.75) is 34.1 Å². The molecule has 2 rings (SSSR count). The SMILES string of the molecule is CCOC(=O)c1c(C)[nH]c(C(=O)Nc2ccccc2CC)c1C. The first-order chi connectivity index (χ1) is 11.0. The standard InChI is InChI=1S/C18H22N2O3/c1-5-13-9-7-8-10-14(13)20-17(21)16-11(3)15(12(4)19-16)18(22)23-6-2/h7-10,19H,5-6H2,1-4H3,(H,20,21). The van der Waals surface area contributed by atoms with Crippen LogP contribution in [-0.2, 0) is 11.2 Å². The van der Waals surface area contributed by atoms with Gasteiger partial charge in [0.05, 0.1) is 12.2 Å². The van der Waals surface area contributed by atoms with Crippen LogP contribution in [0.25, 0.3) is 0 Å². The molecule has 0 aliphatic rings. The van der Waals surface area contributed by atoms with Crippen LogP contribution in [-0.4, -0.2) is 23.5 Å². The molecular weight excluding hydrogens is 292 g/mol. The molecule has 0 unspecified atom stereocenters. The lowest BCUT2D eigenvalue weighted by Crippen LogP contribution is -2.15. The minimum atomic E-state index is -0.410. The fourth-order valence-corrected chi connectivity index (χ4v) is 2.62. The van der Waals surface area contributed by atoms with Gasteiger partial charge in [-0.3, -0.25) is 4.79 Å². The summed E-state index contributed by atoms with van der Waals surface area (Å²) in [5, 5.41) is 2.91. The molecule has 0 saturated heterocycles. The number of nitrogens with one attached hydrogen (secondary N) is 2. The van der Waals surface area contributed by atoms with Crippen LogP contribution in [0.2, 0.25) is 0 Å². The zero-order chi connectivity index (χ0) is 17.0. The normalized spacial score (nSPS) is 10.4. The van der Waals surface area contributed by atoms with E-state index in [1.54, 1.807) is 20.8 Å². The number of hydrogen-bond donors (Lipinski definition) is 2. The summed E-state index contributed by atoms with van der Waals surface area (Å²) in [7, 11) is 0. The average molecular weight is 314 g/mol. The number of aromatic amines is 1. The topological polar surface area (TPSA) is 71.2 Å². The van der Waals surface area contributed by atoms with Gasteiger partial charge >= 0.3 is 5.97 Å². The molecule has 1 amide bonds. The number of aryl methyl sites for hydroxylation is 2. The van der Waals surface area contributed by atoms with Gasteiger partial charge in [0, 0.05) is 11.4 Å².